The number of thioether (sulfide) groups is 1. The standard InChI is InChI=1S/C12H10N2OS/c1-10(15)16-7-3-2-4-11-5-6-12(8-13)14-9-11/h5-6,9H,3,7H2,1H3. The molecular weight excluding hydrogens is 220 g/mol. The summed E-state index contributed by atoms with van der Waals surface area (Å²) in [4.78, 5) is 14.5. The van der Waals surface area contributed by atoms with Crippen LogP contribution < -0.4 is 0 Å². The molecule has 3 nitrogen and oxygen atoms in total. The summed E-state index contributed by atoms with van der Waals surface area (Å²) in [7, 11) is 0. The van der Waals surface area contributed by atoms with Gasteiger partial charge in [-0.1, -0.05) is 23.6 Å². The molecule has 0 bridgehead atoms. The molecule has 0 saturated carbocycles. The summed E-state index contributed by atoms with van der Waals surface area (Å²) in [6, 6.07) is 5.34. The Hall–Kier alpha value is -1.78. The van der Waals surface area contributed by atoms with Crippen molar-refractivity contribution < 1.29 is 4.79 Å². The van der Waals surface area contributed by atoms with Crippen LogP contribution in [0.5, 0.6) is 0 Å². The van der Waals surface area contributed by atoms with Gasteiger partial charge in [0, 0.05) is 30.9 Å². The lowest BCUT2D eigenvalue weighted by atomic mass is 10.2. The van der Waals surface area contributed by atoms with Gasteiger partial charge in [0.05, 0.1) is 0 Å². The largest absolute Gasteiger partial charge is 0.288 e. The minimum absolute atomic E-state index is 0.113. The Labute approximate surface area is 98.9 Å². The fourth-order valence-corrected chi connectivity index (χ4v) is 1.44. The Balaban J connectivity index is 2.44. The summed E-state index contributed by atoms with van der Waals surface area (Å²) in [6.07, 6.45) is 2.24. The number of pyridine rings is 1. The van der Waals surface area contributed by atoms with Crippen LogP contribution in [0.25, 0.3) is 0 Å². The highest BCUT2D eigenvalue weighted by Crippen LogP contribution is 2.02. The van der Waals surface area contributed by atoms with Gasteiger partial charge >= 0.3 is 0 Å². The van der Waals surface area contributed by atoms with Crippen LogP contribution in [0.2, 0.25) is 0 Å². The van der Waals surface area contributed by atoms with Gasteiger partial charge in [0.2, 0.25) is 0 Å². The van der Waals surface area contributed by atoms with E-state index in [9.17, 15) is 4.79 Å². The van der Waals surface area contributed by atoms with E-state index in [0.717, 1.165) is 5.56 Å². The number of nitriles is 1. The van der Waals surface area contributed by atoms with E-state index in [2.05, 4.69) is 16.8 Å². The highest BCUT2D eigenvalue weighted by atomic mass is 32.2. The molecule has 0 amide bonds. The van der Waals surface area contributed by atoms with Gasteiger partial charge in [-0.2, -0.15) is 5.26 Å². The molecular formula is C12H10N2OS. The van der Waals surface area contributed by atoms with Crippen LogP contribution in [0, 0.1) is 23.2 Å². The van der Waals surface area contributed by atoms with Crippen molar-refractivity contribution in [3.8, 4) is 17.9 Å². The van der Waals surface area contributed by atoms with E-state index in [1.54, 1.807) is 25.3 Å². The van der Waals surface area contributed by atoms with Crippen LogP contribution in [0.4, 0.5) is 0 Å². The number of rotatable bonds is 2. The van der Waals surface area contributed by atoms with Gasteiger partial charge in [-0.05, 0) is 12.1 Å². The van der Waals surface area contributed by atoms with E-state index in [1.165, 1.54) is 11.8 Å². The van der Waals surface area contributed by atoms with Gasteiger partial charge in [0.25, 0.3) is 0 Å². The summed E-state index contributed by atoms with van der Waals surface area (Å²) in [6.45, 7) is 1.54. The van der Waals surface area contributed by atoms with Crippen LogP contribution in [0.1, 0.15) is 24.6 Å². The lowest BCUT2D eigenvalue weighted by molar-refractivity contribution is -0.109. The van der Waals surface area contributed by atoms with E-state index in [-0.39, 0.29) is 5.12 Å². The van der Waals surface area contributed by atoms with Crippen molar-refractivity contribution in [3.05, 3.63) is 29.6 Å². The summed E-state index contributed by atoms with van der Waals surface area (Å²) >= 11 is 1.27. The number of aromatic nitrogens is 1. The molecule has 1 rings (SSSR count). The summed E-state index contributed by atoms with van der Waals surface area (Å²) in [5.41, 5.74) is 1.17. The zero-order valence-electron chi connectivity index (χ0n) is 8.86. The minimum atomic E-state index is 0.113. The van der Waals surface area contributed by atoms with Crippen molar-refractivity contribution in [3.63, 3.8) is 0 Å². The first-order chi connectivity index (χ1) is 7.72. The maximum absolute atomic E-state index is 10.6. The lowest BCUT2D eigenvalue weighted by Crippen LogP contribution is -1.85. The molecule has 0 spiro atoms. The van der Waals surface area contributed by atoms with Crippen molar-refractivity contribution in [2.45, 2.75) is 13.3 Å². The molecule has 1 heterocycles. The third kappa shape index (κ3) is 4.63. The van der Waals surface area contributed by atoms with Gasteiger partial charge in [0.1, 0.15) is 11.8 Å². The quantitative estimate of drug-likeness (QED) is 0.576. The zero-order chi connectivity index (χ0) is 11.8. The second-order valence-electron chi connectivity index (χ2n) is 2.94. The highest BCUT2D eigenvalue weighted by Gasteiger charge is 1.92. The van der Waals surface area contributed by atoms with Crippen LogP contribution in [-0.2, 0) is 4.79 Å². The first-order valence-corrected chi connectivity index (χ1v) is 5.69. The molecule has 80 valence electrons. The fourth-order valence-electron chi connectivity index (χ4n) is 0.944. The van der Waals surface area contributed by atoms with Crippen LogP contribution in [0.3, 0.4) is 0 Å². The van der Waals surface area contributed by atoms with E-state index in [4.69, 9.17) is 5.26 Å². The fraction of sp³-hybridized carbons (Fsp3) is 0.250. The molecule has 0 N–H and O–H groups in total. The normalized spacial score (nSPS) is 8.75. The first kappa shape index (κ1) is 12.3. The molecule has 0 aliphatic carbocycles. The molecule has 0 radical (unpaired) electrons. The highest BCUT2D eigenvalue weighted by molar-refractivity contribution is 8.13. The number of hydrogen-bond acceptors (Lipinski definition) is 4. The SMILES string of the molecule is CC(=O)SCCC#Cc1ccc(C#N)nc1. The Kier molecular flexibility index (Phi) is 5.11. The molecule has 0 saturated heterocycles. The lowest BCUT2D eigenvalue weighted by Gasteiger charge is -1.90. The molecule has 0 aliphatic rings. The predicted octanol–water partition coefficient (Wildman–Crippen LogP) is 1.97. The van der Waals surface area contributed by atoms with Crippen molar-refractivity contribution in [2.75, 3.05) is 5.75 Å². The number of carbonyl (C=O) groups is 1. The first-order valence-electron chi connectivity index (χ1n) is 4.71. The molecule has 1 aromatic heterocycles. The van der Waals surface area contributed by atoms with E-state index in [0.29, 0.717) is 17.9 Å². The van der Waals surface area contributed by atoms with Crippen molar-refractivity contribution >= 4 is 16.9 Å². The average molecular weight is 230 g/mol. The van der Waals surface area contributed by atoms with Crippen molar-refractivity contribution in [2.24, 2.45) is 0 Å². The second kappa shape index (κ2) is 6.66. The zero-order valence-corrected chi connectivity index (χ0v) is 9.67. The van der Waals surface area contributed by atoms with Crippen LogP contribution >= 0.6 is 11.8 Å². The molecule has 16 heavy (non-hydrogen) atoms. The minimum Gasteiger partial charge on any atom is -0.288 e. The van der Waals surface area contributed by atoms with Crippen molar-refractivity contribution in [1.82, 2.24) is 4.98 Å². The van der Waals surface area contributed by atoms with E-state index in [1.807, 2.05) is 6.07 Å². The third-order valence-electron chi connectivity index (χ3n) is 1.64. The molecule has 0 unspecified atom stereocenters. The maximum atomic E-state index is 10.6. The summed E-state index contributed by atoms with van der Waals surface area (Å²) in [5.74, 6) is 6.59. The van der Waals surface area contributed by atoms with E-state index < -0.39 is 0 Å². The topological polar surface area (TPSA) is 53.8 Å². The molecule has 4 heteroatoms. The Bertz CT molecular complexity index is 463. The Morgan fingerprint density at radius 1 is 1.56 bits per heavy atom. The molecule has 1 aromatic rings. The number of hydrogen-bond donors (Lipinski definition) is 0. The summed E-state index contributed by atoms with van der Waals surface area (Å²) in [5, 5.41) is 8.66. The predicted molar refractivity (Wildman–Crippen MR) is 63.6 cm³/mol. The third-order valence-corrected chi connectivity index (χ3v) is 2.46. The molecule has 0 fully saturated rings. The van der Waals surface area contributed by atoms with Gasteiger partial charge in [0.15, 0.2) is 5.12 Å². The second-order valence-corrected chi connectivity index (χ2v) is 4.21. The Morgan fingerprint density at radius 2 is 2.38 bits per heavy atom. The van der Waals surface area contributed by atoms with E-state index >= 15 is 0 Å². The van der Waals surface area contributed by atoms with Gasteiger partial charge < -0.3 is 0 Å². The monoisotopic (exact) mass is 230 g/mol. The smallest absolute Gasteiger partial charge is 0.185 e. The van der Waals surface area contributed by atoms with Gasteiger partial charge in [-0.25, -0.2) is 4.98 Å². The molecule has 0 atom stereocenters. The number of carbonyl (C=O) groups excluding carboxylic acids is 1. The van der Waals surface area contributed by atoms with Gasteiger partial charge in [-0.3, -0.25) is 4.79 Å². The molecule has 0 aliphatic heterocycles. The molecule has 0 aromatic carbocycles. The average Bonchev–Trinajstić information content (AvgIpc) is 2.29. The van der Waals surface area contributed by atoms with Crippen LogP contribution in [-0.4, -0.2) is 15.9 Å². The number of nitrogens with zero attached hydrogens (tertiary/aromatic N) is 2. The van der Waals surface area contributed by atoms with Crippen LogP contribution in [0.15, 0.2) is 18.3 Å². The van der Waals surface area contributed by atoms with Crippen molar-refractivity contribution in [1.29, 1.82) is 5.26 Å². The Morgan fingerprint density at radius 3 is 2.94 bits per heavy atom. The van der Waals surface area contributed by atoms with Gasteiger partial charge in [-0.15, -0.1) is 0 Å². The summed E-state index contributed by atoms with van der Waals surface area (Å²) < 4.78 is 0. The maximum Gasteiger partial charge on any atom is 0.185 e.